The molecule has 6 heteroatoms. The number of nitrogens with zero attached hydrogens (tertiary/aromatic N) is 2. The minimum Gasteiger partial charge on any atom is -0.350 e. The zero-order valence-corrected chi connectivity index (χ0v) is 14.8. The van der Waals surface area contributed by atoms with Crippen LogP contribution in [-0.4, -0.2) is 68.2 Å². The predicted molar refractivity (Wildman–Crippen MR) is 99.4 cm³/mol. The molecule has 2 fully saturated rings. The Hall–Kier alpha value is -1.82. The number of rotatable bonds is 4. The van der Waals surface area contributed by atoms with Crippen molar-refractivity contribution < 1.29 is 11.0 Å². The van der Waals surface area contributed by atoms with Gasteiger partial charge < -0.3 is 15.1 Å². The lowest BCUT2D eigenvalue weighted by Gasteiger charge is -2.34. The van der Waals surface area contributed by atoms with Crippen LogP contribution in [0.25, 0.3) is 0 Å². The van der Waals surface area contributed by atoms with Gasteiger partial charge in [0.15, 0.2) is 0 Å². The molecule has 0 unspecified atom stereocenters. The van der Waals surface area contributed by atoms with E-state index in [1.54, 1.807) is 11.0 Å². The molecule has 1 saturated heterocycles. The van der Waals surface area contributed by atoms with Crippen LogP contribution in [-0.2, 0) is 10.2 Å². The van der Waals surface area contributed by atoms with Gasteiger partial charge in [-0.1, -0.05) is 24.5 Å². The number of hydrogen-bond donors (Lipinski definition) is 1. The lowest BCUT2D eigenvalue weighted by Crippen LogP contribution is -2.50. The summed E-state index contributed by atoms with van der Waals surface area (Å²) in [6, 6.07) is 5.73. The lowest BCUT2D eigenvalue weighted by molar-refractivity contribution is -0.122. The van der Waals surface area contributed by atoms with Crippen molar-refractivity contribution in [3.05, 3.63) is 29.3 Å². The topological polar surface area (TPSA) is 52.7 Å². The van der Waals surface area contributed by atoms with Crippen molar-refractivity contribution in [1.29, 1.82) is 0 Å². The van der Waals surface area contributed by atoms with Gasteiger partial charge in [0.2, 0.25) is 5.91 Å². The van der Waals surface area contributed by atoms with Crippen LogP contribution in [0.4, 0.5) is 0 Å². The van der Waals surface area contributed by atoms with Crippen molar-refractivity contribution in [2.24, 2.45) is 0 Å². The molecule has 2 aliphatic heterocycles. The van der Waals surface area contributed by atoms with Gasteiger partial charge >= 0.3 is 0 Å². The summed E-state index contributed by atoms with van der Waals surface area (Å²) in [7, 11) is 5.91. The Labute approximate surface area is 151 Å². The summed E-state index contributed by atoms with van der Waals surface area (Å²) >= 11 is 0. The van der Waals surface area contributed by atoms with Gasteiger partial charge in [-0.2, -0.15) is 0 Å². The molecule has 1 N–H and O–H groups in total. The first-order valence-electron chi connectivity index (χ1n) is 9.22. The van der Waals surface area contributed by atoms with Gasteiger partial charge in [-0.25, -0.2) is 0 Å². The first-order valence-corrected chi connectivity index (χ1v) is 9.22. The number of fused-ring (bicyclic) bond motifs is 2. The molecule has 5 nitrogen and oxygen atoms in total. The number of likely N-dealkylation sites (tertiary alicyclic amines) is 1. The zero-order valence-electron chi connectivity index (χ0n) is 14.8. The number of benzene rings is 1. The van der Waals surface area contributed by atoms with Crippen LogP contribution in [0.15, 0.2) is 18.2 Å². The Kier molecular flexibility index (Phi) is 4.10. The van der Waals surface area contributed by atoms with Gasteiger partial charge in [0.1, 0.15) is 7.85 Å². The van der Waals surface area contributed by atoms with E-state index in [2.05, 4.69) is 17.1 Å². The molecule has 2 amide bonds. The van der Waals surface area contributed by atoms with Crippen molar-refractivity contribution in [3.8, 4) is 0 Å². The second-order valence-corrected chi connectivity index (χ2v) is 7.69. The summed E-state index contributed by atoms with van der Waals surface area (Å²) in [6.07, 6.45) is 3.10. The third-order valence-corrected chi connectivity index (χ3v) is 5.90. The standard InChI is InChI=1S/C19H24BN3O2.H2/c1-2-22-8-5-14(10-22)21-17(24)11-23-12-19(6-7-19)16-9-13(20)3-4-15(16)18(23)25;/h3-4,9,14H,2,5-8,10-12H2,1H3,(H,21,24);1H/t14-;/m1./s1. The molecule has 4 rings (SSSR count). The fraction of sp³-hybridized carbons (Fsp3) is 0.579. The molecule has 3 aliphatic rings. The van der Waals surface area contributed by atoms with E-state index in [0.29, 0.717) is 17.6 Å². The van der Waals surface area contributed by atoms with Crippen LogP contribution < -0.4 is 10.8 Å². The van der Waals surface area contributed by atoms with Crippen molar-refractivity contribution in [3.63, 3.8) is 0 Å². The number of carbonyl (C=O) groups excluding carboxylic acids is 2. The molecule has 25 heavy (non-hydrogen) atoms. The van der Waals surface area contributed by atoms with E-state index >= 15 is 0 Å². The maximum Gasteiger partial charge on any atom is 0.254 e. The quantitative estimate of drug-likeness (QED) is 0.810. The smallest absolute Gasteiger partial charge is 0.254 e. The molecule has 1 aromatic carbocycles. The molecular weight excluding hydrogens is 313 g/mol. The fourth-order valence-electron chi connectivity index (χ4n) is 4.27. The van der Waals surface area contributed by atoms with Crippen molar-refractivity contribution in [2.75, 3.05) is 32.7 Å². The second-order valence-electron chi connectivity index (χ2n) is 7.69. The van der Waals surface area contributed by atoms with Crippen LogP contribution in [0.2, 0.25) is 0 Å². The molecule has 1 saturated carbocycles. The minimum atomic E-state index is -0.0516. The molecule has 0 bridgehead atoms. The molecule has 1 spiro atoms. The average Bonchev–Trinajstić information content (AvgIpc) is 3.22. The number of hydrogen-bond acceptors (Lipinski definition) is 3. The van der Waals surface area contributed by atoms with Gasteiger partial charge in [-0.05, 0) is 37.4 Å². The predicted octanol–water partition coefficient (Wildman–Crippen LogP) is 0.424. The Balaban J connectivity index is 0.00000196. The van der Waals surface area contributed by atoms with Crippen molar-refractivity contribution in [2.45, 2.75) is 37.6 Å². The Morgan fingerprint density at radius 2 is 2.24 bits per heavy atom. The number of carbonyl (C=O) groups is 2. The largest absolute Gasteiger partial charge is 0.350 e. The summed E-state index contributed by atoms with van der Waals surface area (Å²) in [4.78, 5) is 29.3. The van der Waals surface area contributed by atoms with Crippen molar-refractivity contribution >= 4 is 25.1 Å². The minimum absolute atomic E-state index is 0. The molecule has 0 aromatic heterocycles. The normalized spacial score (nSPS) is 24.4. The van der Waals surface area contributed by atoms with E-state index in [-0.39, 0.29) is 31.2 Å². The number of likely N-dealkylation sites (N-methyl/N-ethyl adjacent to an activating group) is 1. The van der Waals surface area contributed by atoms with E-state index in [9.17, 15) is 9.59 Å². The highest BCUT2D eigenvalue weighted by Crippen LogP contribution is 2.51. The van der Waals surface area contributed by atoms with E-state index in [1.807, 2.05) is 12.1 Å². The number of nitrogens with one attached hydrogen (secondary N) is 1. The van der Waals surface area contributed by atoms with E-state index in [4.69, 9.17) is 7.85 Å². The second kappa shape index (κ2) is 6.17. The zero-order chi connectivity index (χ0) is 17.6. The van der Waals surface area contributed by atoms with Crippen LogP contribution in [0.3, 0.4) is 0 Å². The van der Waals surface area contributed by atoms with Gasteiger partial charge in [0.05, 0.1) is 6.54 Å². The van der Waals surface area contributed by atoms with Crippen LogP contribution in [0, 0.1) is 0 Å². The average molecular weight is 339 g/mol. The fourth-order valence-corrected chi connectivity index (χ4v) is 4.27. The van der Waals surface area contributed by atoms with Crippen LogP contribution in [0.1, 0.15) is 43.5 Å². The summed E-state index contributed by atoms with van der Waals surface area (Å²) in [5.74, 6) is -0.102. The van der Waals surface area contributed by atoms with E-state index < -0.39 is 0 Å². The first-order chi connectivity index (χ1) is 12.0. The maximum absolute atomic E-state index is 12.8. The Morgan fingerprint density at radius 3 is 2.92 bits per heavy atom. The molecule has 1 aliphatic carbocycles. The Morgan fingerprint density at radius 1 is 1.44 bits per heavy atom. The first kappa shape index (κ1) is 16.6. The summed E-state index contributed by atoms with van der Waals surface area (Å²) in [6.45, 7) is 5.86. The van der Waals surface area contributed by atoms with Gasteiger partial charge in [0.25, 0.3) is 5.91 Å². The highest BCUT2D eigenvalue weighted by molar-refractivity contribution is 6.32. The molecule has 2 heterocycles. The number of amides is 2. The summed E-state index contributed by atoms with van der Waals surface area (Å²) in [5.41, 5.74) is 2.50. The Bertz CT molecular complexity index is 723. The maximum atomic E-state index is 12.8. The third kappa shape index (κ3) is 3.08. The van der Waals surface area contributed by atoms with Gasteiger partial charge in [-0.3, -0.25) is 9.59 Å². The highest BCUT2D eigenvalue weighted by atomic mass is 16.2. The molecule has 1 aromatic rings. The van der Waals surface area contributed by atoms with Crippen molar-refractivity contribution in [1.82, 2.24) is 15.1 Å². The molecule has 1 atom stereocenters. The van der Waals surface area contributed by atoms with Crippen LogP contribution in [0.5, 0.6) is 0 Å². The molecule has 132 valence electrons. The summed E-state index contributed by atoms with van der Waals surface area (Å²) < 4.78 is 0. The van der Waals surface area contributed by atoms with Gasteiger partial charge in [-0.15, -0.1) is 0 Å². The molecular formula is C19H26BN3O2. The molecule has 2 radical (unpaired) electrons. The highest BCUT2D eigenvalue weighted by Gasteiger charge is 2.51. The monoisotopic (exact) mass is 339 g/mol. The SMILES string of the molecule is [B]c1ccc2c(c1)C1(CC1)CN(CC(=O)N[C@@H]1CCN(CC)C1)C2=O.[HH]. The van der Waals surface area contributed by atoms with E-state index in [0.717, 1.165) is 44.5 Å². The van der Waals surface area contributed by atoms with E-state index in [1.165, 1.54) is 0 Å². The lowest BCUT2D eigenvalue weighted by atomic mass is 9.82. The third-order valence-electron chi connectivity index (χ3n) is 5.90. The van der Waals surface area contributed by atoms with Crippen LogP contribution >= 0.6 is 0 Å². The van der Waals surface area contributed by atoms with Gasteiger partial charge in [0, 0.05) is 38.1 Å². The summed E-state index contributed by atoms with van der Waals surface area (Å²) in [5, 5.41) is 3.10.